The van der Waals surface area contributed by atoms with Crippen molar-refractivity contribution in [1.29, 1.82) is 0 Å². The molecule has 3 atom stereocenters. The van der Waals surface area contributed by atoms with E-state index in [4.69, 9.17) is 0 Å². The molecule has 3 nitrogen and oxygen atoms in total. The Kier molecular flexibility index (Phi) is 3.64. The number of aliphatic carboxylic acids is 1. The summed E-state index contributed by atoms with van der Waals surface area (Å²) in [5.41, 5.74) is 1.99. The zero-order valence-corrected chi connectivity index (χ0v) is 14.6. The molecule has 2 aliphatic carbocycles. The maximum atomic E-state index is 11.9. The Morgan fingerprint density at radius 2 is 1.96 bits per heavy atom. The number of carbonyl (C=O) groups is 1. The van der Waals surface area contributed by atoms with Gasteiger partial charge in [0.2, 0.25) is 0 Å². The standard InChI is InChI=1S/C20H28O3/c1-18(2,23)14-7-8-15-13(12-14)6-9-16-19(15,3)10-5-11-20(16,4)17(21)22/h7-8,12,16,23H,5-6,9-11H2,1-4H3,(H,21,22)/t16?,19-,20+/m1/s1. The smallest absolute Gasteiger partial charge is 0.309 e. The van der Waals surface area contributed by atoms with Crippen molar-refractivity contribution in [2.75, 3.05) is 0 Å². The number of fused-ring (bicyclic) bond motifs is 3. The van der Waals surface area contributed by atoms with E-state index in [1.807, 2.05) is 26.8 Å². The molecule has 0 aromatic heterocycles. The summed E-state index contributed by atoms with van der Waals surface area (Å²) in [5.74, 6) is -0.466. The minimum atomic E-state index is -0.838. The normalized spacial score (nSPS) is 33.7. The van der Waals surface area contributed by atoms with Crippen LogP contribution in [0.1, 0.15) is 70.1 Å². The van der Waals surface area contributed by atoms with Crippen molar-refractivity contribution in [3.05, 3.63) is 34.9 Å². The topological polar surface area (TPSA) is 57.5 Å². The molecule has 0 radical (unpaired) electrons. The Morgan fingerprint density at radius 1 is 1.26 bits per heavy atom. The van der Waals surface area contributed by atoms with E-state index < -0.39 is 17.0 Å². The summed E-state index contributed by atoms with van der Waals surface area (Å²) in [6.45, 7) is 7.81. The van der Waals surface area contributed by atoms with Crippen molar-refractivity contribution >= 4 is 5.97 Å². The van der Waals surface area contributed by atoms with Crippen molar-refractivity contribution in [2.45, 2.75) is 70.8 Å². The number of carboxylic acids is 1. The van der Waals surface area contributed by atoms with Crippen LogP contribution >= 0.6 is 0 Å². The number of aliphatic hydroxyl groups is 1. The summed E-state index contributed by atoms with van der Waals surface area (Å²) in [7, 11) is 0. The van der Waals surface area contributed by atoms with Crippen LogP contribution in [0.2, 0.25) is 0 Å². The first-order chi connectivity index (χ1) is 10.6. The second-order valence-corrected chi connectivity index (χ2v) is 8.52. The van der Waals surface area contributed by atoms with Gasteiger partial charge in [-0.05, 0) is 74.5 Å². The molecule has 3 rings (SSSR count). The Labute approximate surface area is 138 Å². The van der Waals surface area contributed by atoms with Crippen LogP contribution in [-0.2, 0) is 22.2 Å². The van der Waals surface area contributed by atoms with Gasteiger partial charge in [0.25, 0.3) is 0 Å². The van der Waals surface area contributed by atoms with Crippen LogP contribution in [0.3, 0.4) is 0 Å². The highest BCUT2D eigenvalue weighted by atomic mass is 16.4. The third-order valence-corrected chi connectivity index (χ3v) is 6.55. The van der Waals surface area contributed by atoms with E-state index in [1.54, 1.807) is 0 Å². The van der Waals surface area contributed by atoms with Crippen LogP contribution in [0.5, 0.6) is 0 Å². The van der Waals surface area contributed by atoms with Gasteiger partial charge in [-0.2, -0.15) is 0 Å². The first kappa shape index (κ1) is 16.5. The van der Waals surface area contributed by atoms with Gasteiger partial charge in [-0.15, -0.1) is 0 Å². The molecule has 1 aromatic rings. The number of carboxylic acid groups (broad SMARTS) is 1. The summed E-state index contributed by atoms with van der Waals surface area (Å²) in [5, 5.41) is 20.1. The summed E-state index contributed by atoms with van der Waals surface area (Å²) in [6.07, 6.45) is 4.61. The molecule has 3 heteroatoms. The zero-order valence-electron chi connectivity index (χ0n) is 14.6. The van der Waals surface area contributed by atoms with E-state index in [1.165, 1.54) is 11.1 Å². The van der Waals surface area contributed by atoms with Crippen molar-refractivity contribution < 1.29 is 15.0 Å². The third kappa shape index (κ3) is 2.40. The quantitative estimate of drug-likeness (QED) is 0.867. The molecule has 0 saturated heterocycles. The molecule has 0 spiro atoms. The lowest BCUT2D eigenvalue weighted by Crippen LogP contribution is -2.52. The lowest BCUT2D eigenvalue weighted by atomic mass is 9.50. The molecule has 0 amide bonds. The van der Waals surface area contributed by atoms with Gasteiger partial charge in [0.15, 0.2) is 0 Å². The lowest BCUT2D eigenvalue weighted by molar-refractivity contribution is -0.157. The zero-order chi connectivity index (χ0) is 17.0. The molecule has 23 heavy (non-hydrogen) atoms. The Bertz CT molecular complexity index is 643. The highest BCUT2D eigenvalue weighted by molar-refractivity contribution is 5.75. The van der Waals surface area contributed by atoms with Gasteiger partial charge >= 0.3 is 5.97 Å². The fourth-order valence-electron chi connectivity index (χ4n) is 5.13. The minimum absolute atomic E-state index is 0.0723. The molecule has 2 N–H and O–H groups in total. The van der Waals surface area contributed by atoms with Gasteiger partial charge in [-0.1, -0.05) is 31.5 Å². The van der Waals surface area contributed by atoms with Crippen molar-refractivity contribution in [1.82, 2.24) is 0 Å². The number of hydrogen-bond acceptors (Lipinski definition) is 2. The SMILES string of the molecule is CC(C)(O)c1ccc2c(c1)CCC1[C@@](C)(C(=O)O)CCC[C@]21C. The maximum Gasteiger partial charge on any atom is 0.309 e. The predicted octanol–water partition coefficient (Wildman–Crippen LogP) is 4.01. The van der Waals surface area contributed by atoms with Crippen molar-refractivity contribution in [3.63, 3.8) is 0 Å². The van der Waals surface area contributed by atoms with Crippen molar-refractivity contribution in [3.8, 4) is 0 Å². The maximum absolute atomic E-state index is 11.9. The second-order valence-electron chi connectivity index (χ2n) is 8.52. The molecule has 2 aliphatic rings. The van der Waals surface area contributed by atoms with E-state index in [-0.39, 0.29) is 11.3 Å². The minimum Gasteiger partial charge on any atom is -0.481 e. The van der Waals surface area contributed by atoms with Gasteiger partial charge < -0.3 is 10.2 Å². The average Bonchev–Trinajstić information content (AvgIpc) is 2.45. The molecular weight excluding hydrogens is 288 g/mol. The predicted molar refractivity (Wildman–Crippen MR) is 90.4 cm³/mol. The summed E-state index contributed by atoms with van der Waals surface area (Å²) < 4.78 is 0. The Morgan fingerprint density at radius 3 is 2.57 bits per heavy atom. The van der Waals surface area contributed by atoms with Crippen LogP contribution < -0.4 is 0 Å². The molecule has 0 heterocycles. The number of rotatable bonds is 2. The van der Waals surface area contributed by atoms with E-state index in [0.29, 0.717) is 0 Å². The lowest BCUT2D eigenvalue weighted by Gasteiger charge is -2.53. The highest BCUT2D eigenvalue weighted by Crippen LogP contribution is 2.57. The molecule has 0 bridgehead atoms. The van der Waals surface area contributed by atoms with Gasteiger partial charge in [0.1, 0.15) is 0 Å². The molecule has 1 saturated carbocycles. The molecule has 126 valence electrons. The Hall–Kier alpha value is -1.35. The highest BCUT2D eigenvalue weighted by Gasteiger charge is 2.55. The fourth-order valence-corrected chi connectivity index (χ4v) is 5.13. The van der Waals surface area contributed by atoms with E-state index in [2.05, 4.69) is 19.1 Å². The summed E-state index contributed by atoms with van der Waals surface area (Å²) in [6, 6.07) is 6.28. The molecule has 1 fully saturated rings. The van der Waals surface area contributed by atoms with Gasteiger partial charge in [0.05, 0.1) is 11.0 Å². The van der Waals surface area contributed by atoms with E-state index >= 15 is 0 Å². The van der Waals surface area contributed by atoms with Crippen LogP contribution in [-0.4, -0.2) is 16.2 Å². The number of aryl methyl sites for hydroxylation is 1. The molecular formula is C20H28O3. The second kappa shape index (κ2) is 5.07. The van der Waals surface area contributed by atoms with Gasteiger partial charge in [-0.25, -0.2) is 0 Å². The van der Waals surface area contributed by atoms with E-state index in [0.717, 1.165) is 37.7 Å². The van der Waals surface area contributed by atoms with E-state index in [9.17, 15) is 15.0 Å². The largest absolute Gasteiger partial charge is 0.481 e. The average molecular weight is 316 g/mol. The summed E-state index contributed by atoms with van der Waals surface area (Å²) in [4.78, 5) is 11.9. The van der Waals surface area contributed by atoms with Gasteiger partial charge in [0, 0.05) is 0 Å². The first-order valence-electron chi connectivity index (χ1n) is 8.69. The fraction of sp³-hybridized carbons (Fsp3) is 0.650. The van der Waals surface area contributed by atoms with Gasteiger partial charge in [-0.3, -0.25) is 4.79 Å². The van der Waals surface area contributed by atoms with Crippen LogP contribution in [0.25, 0.3) is 0 Å². The number of hydrogen-bond donors (Lipinski definition) is 2. The molecule has 1 unspecified atom stereocenters. The third-order valence-electron chi connectivity index (χ3n) is 6.55. The van der Waals surface area contributed by atoms with Crippen LogP contribution in [0.4, 0.5) is 0 Å². The van der Waals surface area contributed by atoms with Crippen molar-refractivity contribution in [2.24, 2.45) is 11.3 Å². The van der Waals surface area contributed by atoms with Crippen LogP contribution in [0.15, 0.2) is 18.2 Å². The first-order valence-corrected chi connectivity index (χ1v) is 8.69. The van der Waals surface area contributed by atoms with Crippen LogP contribution in [0, 0.1) is 11.3 Å². The molecule has 0 aliphatic heterocycles. The Balaban J connectivity index is 2.08. The monoisotopic (exact) mass is 316 g/mol. The molecule has 1 aromatic carbocycles. The number of benzene rings is 1. The summed E-state index contributed by atoms with van der Waals surface area (Å²) >= 11 is 0.